The molecule has 0 aliphatic heterocycles. The fraction of sp³-hybridized carbons (Fsp3) is 0.150. The molecule has 3 aromatic rings. The van der Waals surface area contributed by atoms with Crippen molar-refractivity contribution in [2.45, 2.75) is 13.3 Å². The van der Waals surface area contributed by atoms with Gasteiger partial charge in [0.05, 0.1) is 36.2 Å². The minimum Gasteiger partial charge on any atom is -0.469 e. The number of esters is 1. The first-order chi connectivity index (χ1) is 14.0. The van der Waals surface area contributed by atoms with Crippen molar-refractivity contribution in [3.05, 3.63) is 82.0 Å². The third-order valence-electron chi connectivity index (χ3n) is 4.16. The third kappa shape index (κ3) is 4.46. The standard InChI is InChI=1S/C20H19N5O4/c1-13(22-23-19(27)14-8-10-21-11-9-14)18-16(12-17(26)29-2)24-25(20(18)28)15-6-4-3-5-7-15/h3-11,24H,12H2,1-2H3,(H,23,27)/b22-13-. The van der Waals surface area contributed by atoms with Gasteiger partial charge in [-0.05, 0) is 31.2 Å². The summed E-state index contributed by atoms with van der Waals surface area (Å²) in [5, 5.41) is 6.98. The predicted octanol–water partition coefficient (Wildman–Crippen LogP) is 1.43. The van der Waals surface area contributed by atoms with Crippen LogP contribution in [-0.4, -0.2) is 39.5 Å². The zero-order valence-electron chi connectivity index (χ0n) is 15.9. The van der Waals surface area contributed by atoms with E-state index in [1.54, 1.807) is 43.3 Å². The van der Waals surface area contributed by atoms with Gasteiger partial charge in [0.25, 0.3) is 11.5 Å². The van der Waals surface area contributed by atoms with Gasteiger partial charge in [-0.15, -0.1) is 0 Å². The maximum Gasteiger partial charge on any atom is 0.311 e. The van der Waals surface area contributed by atoms with Crippen LogP contribution in [0.25, 0.3) is 5.69 Å². The highest BCUT2D eigenvalue weighted by Crippen LogP contribution is 2.10. The van der Waals surface area contributed by atoms with Crippen molar-refractivity contribution in [3.63, 3.8) is 0 Å². The minimum absolute atomic E-state index is 0.147. The lowest BCUT2D eigenvalue weighted by Gasteiger charge is -2.03. The van der Waals surface area contributed by atoms with Crippen molar-refractivity contribution >= 4 is 17.6 Å². The molecule has 1 aromatic carbocycles. The number of aromatic nitrogens is 3. The number of pyridine rings is 1. The van der Waals surface area contributed by atoms with Crippen LogP contribution >= 0.6 is 0 Å². The van der Waals surface area contributed by atoms with E-state index in [0.717, 1.165) is 0 Å². The summed E-state index contributed by atoms with van der Waals surface area (Å²) >= 11 is 0. The van der Waals surface area contributed by atoms with Crippen LogP contribution in [0.15, 0.2) is 64.8 Å². The van der Waals surface area contributed by atoms with Crippen LogP contribution < -0.4 is 11.0 Å². The van der Waals surface area contributed by atoms with Crippen molar-refractivity contribution < 1.29 is 14.3 Å². The molecule has 9 heteroatoms. The van der Waals surface area contributed by atoms with Crippen LogP contribution in [0.2, 0.25) is 0 Å². The lowest BCUT2D eigenvalue weighted by molar-refractivity contribution is -0.139. The number of amides is 1. The smallest absolute Gasteiger partial charge is 0.311 e. The Morgan fingerprint density at radius 2 is 1.86 bits per heavy atom. The number of ether oxygens (including phenoxy) is 1. The van der Waals surface area contributed by atoms with E-state index in [0.29, 0.717) is 16.9 Å². The van der Waals surface area contributed by atoms with Crippen LogP contribution in [0.3, 0.4) is 0 Å². The molecule has 148 valence electrons. The molecule has 0 bridgehead atoms. The number of benzene rings is 1. The number of hydrazone groups is 1. The van der Waals surface area contributed by atoms with Gasteiger partial charge in [0, 0.05) is 18.0 Å². The van der Waals surface area contributed by atoms with Crippen molar-refractivity contribution in [2.75, 3.05) is 7.11 Å². The first kappa shape index (κ1) is 19.7. The Labute approximate surface area is 166 Å². The van der Waals surface area contributed by atoms with Crippen LogP contribution in [0, 0.1) is 0 Å². The SMILES string of the molecule is COC(=O)Cc1[nH]n(-c2ccccc2)c(=O)c1/C(C)=N\NC(=O)c1ccncc1. The molecule has 0 aliphatic carbocycles. The monoisotopic (exact) mass is 393 g/mol. The normalized spacial score (nSPS) is 11.2. The highest BCUT2D eigenvalue weighted by Gasteiger charge is 2.20. The van der Waals surface area contributed by atoms with Crippen LogP contribution in [-0.2, 0) is 16.0 Å². The number of rotatable bonds is 6. The highest BCUT2D eigenvalue weighted by molar-refractivity contribution is 6.02. The van der Waals surface area contributed by atoms with Crippen molar-refractivity contribution in [3.8, 4) is 5.69 Å². The lowest BCUT2D eigenvalue weighted by Crippen LogP contribution is -2.23. The molecule has 0 spiro atoms. The second-order valence-electron chi connectivity index (χ2n) is 6.07. The van der Waals surface area contributed by atoms with E-state index in [1.807, 2.05) is 6.07 Å². The quantitative estimate of drug-likeness (QED) is 0.373. The largest absolute Gasteiger partial charge is 0.469 e. The molecule has 2 heterocycles. The Hall–Kier alpha value is -4.01. The highest BCUT2D eigenvalue weighted by atomic mass is 16.5. The molecule has 0 aliphatic rings. The van der Waals surface area contributed by atoms with Crippen LogP contribution in [0.1, 0.15) is 28.5 Å². The summed E-state index contributed by atoms with van der Waals surface area (Å²) in [5.41, 5.74) is 3.77. The molecule has 0 atom stereocenters. The van der Waals surface area contributed by atoms with Gasteiger partial charge in [-0.3, -0.25) is 24.5 Å². The van der Waals surface area contributed by atoms with E-state index in [9.17, 15) is 14.4 Å². The van der Waals surface area contributed by atoms with Gasteiger partial charge in [0.1, 0.15) is 0 Å². The zero-order chi connectivity index (χ0) is 20.8. The summed E-state index contributed by atoms with van der Waals surface area (Å²) in [6.45, 7) is 1.58. The maximum atomic E-state index is 13.0. The average molecular weight is 393 g/mol. The minimum atomic E-state index is -0.513. The summed E-state index contributed by atoms with van der Waals surface area (Å²) in [5.74, 6) is -0.957. The molecular formula is C20H19N5O4. The summed E-state index contributed by atoms with van der Waals surface area (Å²) in [6.07, 6.45) is 2.83. The zero-order valence-corrected chi connectivity index (χ0v) is 15.9. The van der Waals surface area contributed by atoms with Gasteiger partial charge in [-0.1, -0.05) is 18.2 Å². The van der Waals surface area contributed by atoms with E-state index in [4.69, 9.17) is 4.74 Å². The summed E-state index contributed by atoms with van der Waals surface area (Å²) in [7, 11) is 1.27. The van der Waals surface area contributed by atoms with E-state index < -0.39 is 17.4 Å². The third-order valence-corrected chi connectivity index (χ3v) is 4.16. The van der Waals surface area contributed by atoms with Gasteiger partial charge in [0.2, 0.25) is 0 Å². The van der Waals surface area contributed by atoms with E-state index in [2.05, 4.69) is 20.6 Å². The average Bonchev–Trinajstić information content (AvgIpc) is 3.08. The molecule has 0 saturated heterocycles. The molecule has 3 rings (SSSR count). The number of carbonyl (C=O) groups is 2. The number of methoxy groups -OCH3 is 1. The molecule has 9 nitrogen and oxygen atoms in total. The fourth-order valence-corrected chi connectivity index (χ4v) is 2.72. The molecule has 0 fully saturated rings. The van der Waals surface area contributed by atoms with Crippen molar-refractivity contribution in [1.82, 2.24) is 20.2 Å². The molecule has 2 N–H and O–H groups in total. The van der Waals surface area contributed by atoms with Gasteiger partial charge in [-0.25, -0.2) is 10.1 Å². The predicted molar refractivity (Wildman–Crippen MR) is 106 cm³/mol. The number of hydrogen-bond acceptors (Lipinski definition) is 6. The topological polar surface area (TPSA) is 118 Å². The second kappa shape index (κ2) is 8.79. The molecule has 0 radical (unpaired) electrons. The summed E-state index contributed by atoms with van der Waals surface area (Å²) in [6, 6.07) is 12.0. The van der Waals surface area contributed by atoms with Crippen molar-refractivity contribution in [1.29, 1.82) is 0 Å². The van der Waals surface area contributed by atoms with E-state index in [1.165, 1.54) is 24.2 Å². The van der Waals surface area contributed by atoms with E-state index in [-0.39, 0.29) is 17.7 Å². The van der Waals surface area contributed by atoms with Crippen molar-refractivity contribution in [2.24, 2.45) is 5.10 Å². The fourth-order valence-electron chi connectivity index (χ4n) is 2.72. The molecule has 1 amide bonds. The Morgan fingerprint density at radius 3 is 2.52 bits per heavy atom. The number of nitrogens with one attached hydrogen (secondary N) is 2. The van der Waals surface area contributed by atoms with Gasteiger partial charge < -0.3 is 4.74 Å². The van der Waals surface area contributed by atoms with Gasteiger partial charge in [-0.2, -0.15) is 5.10 Å². The number of para-hydroxylation sites is 1. The Bertz CT molecular complexity index is 1100. The van der Waals surface area contributed by atoms with Gasteiger partial charge in [0.15, 0.2) is 0 Å². The van der Waals surface area contributed by atoms with Crippen LogP contribution in [0.4, 0.5) is 0 Å². The second-order valence-corrected chi connectivity index (χ2v) is 6.07. The summed E-state index contributed by atoms with van der Waals surface area (Å²) in [4.78, 5) is 40.8. The molecule has 0 unspecified atom stereocenters. The number of carbonyl (C=O) groups excluding carboxylic acids is 2. The summed E-state index contributed by atoms with van der Waals surface area (Å²) < 4.78 is 6.03. The van der Waals surface area contributed by atoms with E-state index >= 15 is 0 Å². The molecular weight excluding hydrogens is 374 g/mol. The molecule has 2 aromatic heterocycles. The number of nitrogens with zero attached hydrogens (tertiary/aromatic N) is 3. The number of hydrogen-bond donors (Lipinski definition) is 2. The first-order valence-electron chi connectivity index (χ1n) is 8.72. The van der Waals surface area contributed by atoms with Crippen LogP contribution in [0.5, 0.6) is 0 Å². The number of H-pyrrole nitrogens is 1. The Kier molecular flexibility index (Phi) is 5.98. The Balaban J connectivity index is 1.97. The molecule has 29 heavy (non-hydrogen) atoms. The first-order valence-corrected chi connectivity index (χ1v) is 8.72. The van der Waals surface area contributed by atoms with Gasteiger partial charge >= 0.3 is 5.97 Å². The maximum absolute atomic E-state index is 13.0. The number of aromatic amines is 1. The molecule has 0 saturated carbocycles. The lowest BCUT2D eigenvalue weighted by atomic mass is 10.1. The Morgan fingerprint density at radius 1 is 1.17 bits per heavy atom.